The SMILES string of the molecule is O=C(Nc1cc[nH]c(=O)c1)c1cc(Cl)c(C(F)(F)F)cc1Oc1ccc(F)c2ccccc12. The number of benzene rings is 3. The molecule has 10 heteroatoms. The Bertz CT molecular complexity index is 1430. The van der Waals surface area contributed by atoms with E-state index in [2.05, 4.69) is 10.3 Å². The molecule has 0 aliphatic heterocycles. The van der Waals surface area contributed by atoms with E-state index in [1.54, 1.807) is 12.1 Å². The molecule has 3 aromatic carbocycles. The van der Waals surface area contributed by atoms with Crippen LogP contribution in [0.5, 0.6) is 11.5 Å². The number of halogens is 5. The Labute approximate surface area is 188 Å². The van der Waals surface area contributed by atoms with Crippen LogP contribution in [0.25, 0.3) is 10.8 Å². The number of aromatic amines is 1. The highest BCUT2D eigenvalue weighted by atomic mass is 35.5. The second kappa shape index (κ2) is 8.59. The number of fused-ring (bicyclic) bond motifs is 1. The molecule has 0 fully saturated rings. The molecule has 0 aliphatic carbocycles. The first-order valence-corrected chi connectivity index (χ1v) is 9.77. The van der Waals surface area contributed by atoms with Gasteiger partial charge in [-0.05, 0) is 30.3 Å². The smallest absolute Gasteiger partial charge is 0.417 e. The van der Waals surface area contributed by atoms with Crippen LogP contribution in [-0.4, -0.2) is 10.9 Å². The molecule has 0 saturated carbocycles. The largest absolute Gasteiger partial charge is 0.456 e. The minimum atomic E-state index is -4.82. The predicted octanol–water partition coefficient (Wildman–Crippen LogP) is 6.38. The molecule has 0 radical (unpaired) electrons. The Hall–Kier alpha value is -3.85. The van der Waals surface area contributed by atoms with Crippen molar-refractivity contribution >= 4 is 34.0 Å². The number of hydrogen-bond donors (Lipinski definition) is 2. The average Bonchev–Trinajstić information content (AvgIpc) is 2.76. The van der Waals surface area contributed by atoms with E-state index in [1.807, 2.05) is 0 Å². The summed E-state index contributed by atoms with van der Waals surface area (Å²) in [7, 11) is 0. The van der Waals surface area contributed by atoms with E-state index >= 15 is 0 Å². The fourth-order valence-electron chi connectivity index (χ4n) is 3.20. The number of carbonyl (C=O) groups is 1. The molecule has 1 amide bonds. The second-order valence-corrected chi connectivity index (χ2v) is 7.32. The number of H-pyrrole nitrogens is 1. The number of aromatic nitrogens is 1. The van der Waals surface area contributed by atoms with E-state index in [9.17, 15) is 27.2 Å². The summed E-state index contributed by atoms with van der Waals surface area (Å²) in [4.78, 5) is 26.7. The highest BCUT2D eigenvalue weighted by Gasteiger charge is 2.35. The van der Waals surface area contributed by atoms with Crippen molar-refractivity contribution in [3.63, 3.8) is 0 Å². The Balaban J connectivity index is 1.83. The quantitative estimate of drug-likeness (QED) is 0.335. The molecule has 2 N–H and O–H groups in total. The molecule has 33 heavy (non-hydrogen) atoms. The van der Waals surface area contributed by atoms with Crippen LogP contribution in [0.15, 0.2) is 71.7 Å². The van der Waals surface area contributed by atoms with Crippen LogP contribution < -0.4 is 15.6 Å². The molecule has 0 aliphatic rings. The molecule has 0 saturated heterocycles. The van der Waals surface area contributed by atoms with Crippen molar-refractivity contribution in [2.45, 2.75) is 6.18 Å². The summed E-state index contributed by atoms with van der Waals surface area (Å²) in [5.74, 6) is -1.83. The molecule has 4 rings (SSSR count). The van der Waals surface area contributed by atoms with Gasteiger partial charge < -0.3 is 15.0 Å². The first-order valence-electron chi connectivity index (χ1n) is 9.39. The standard InChI is InChI=1S/C23H13ClF4N2O3/c24-17-10-15(22(32)30-12-7-8-29-21(31)9-12)20(11-16(17)23(26,27)28)33-19-6-5-18(25)13-3-1-2-4-14(13)19/h1-11H,(H2,29,30,31,32). The van der Waals surface area contributed by atoms with E-state index in [0.717, 1.165) is 18.2 Å². The van der Waals surface area contributed by atoms with Gasteiger partial charge in [-0.15, -0.1) is 0 Å². The normalized spacial score (nSPS) is 11.4. The molecule has 0 atom stereocenters. The molecular formula is C23H13ClF4N2O3. The highest BCUT2D eigenvalue weighted by molar-refractivity contribution is 6.32. The van der Waals surface area contributed by atoms with Crippen LogP contribution in [0.2, 0.25) is 5.02 Å². The monoisotopic (exact) mass is 476 g/mol. The number of nitrogens with one attached hydrogen (secondary N) is 2. The Morgan fingerprint density at radius 1 is 0.970 bits per heavy atom. The number of anilines is 1. The van der Waals surface area contributed by atoms with Gasteiger partial charge in [0, 0.05) is 28.7 Å². The summed E-state index contributed by atoms with van der Waals surface area (Å²) in [6.07, 6.45) is -3.53. The van der Waals surface area contributed by atoms with Gasteiger partial charge in [-0.2, -0.15) is 13.2 Å². The maximum atomic E-state index is 14.1. The number of amides is 1. The molecule has 0 unspecified atom stereocenters. The number of ether oxygens (including phenoxy) is 1. The summed E-state index contributed by atoms with van der Waals surface area (Å²) in [6.45, 7) is 0. The van der Waals surface area contributed by atoms with Crippen molar-refractivity contribution < 1.29 is 27.1 Å². The first kappa shape index (κ1) is 22.3. The Morgan fingerprint density at radius 3 is 2.39 bits per heavy atom. The minimum absolute atomic E-state index is 0.0349. The average molecular weight is 477 g/mol. The van der Waals surface area contributed by atoms with Crippen LogP contribution >= 0.6 is 11.6 Å². The summed E-state index contributed by atoms with van der Waals surface area (Å²) in [5, 5.41) is 2.19. The maximum absolute atomic E-state index is 14.1. The molecular weight excluding hydrogens is 464 g/mol. The summed E-state index contributed by atoms with van der Waals surface area (Å²) >= 11 is 5.82. The number of carbonyl (C=O) groups excluding carboxylic acids is 1. The lowest BCUT2D eigenvalue weighted by Crippen LogP contribution is -2.16. The van der Waals surface area contributed by atoms with Gasteiger partial charge in [0.05, 0.1) is 16.1 Å². The van der Waals surface area contributed by atoms with Gasteiger partial charge in [0.1, 0.15) is 17.3 Å². The van der Waals surface area contributed by atoms with Crippen LogP contribution in [-0.2, 0) is 6.18 Å². The molecule has 0 bridgehead atoms. The number of alkyl halides is 3. The van der Waals surface area contributed by atoms with Gasteiger partial charge in [-0.1, -0.05) is 35.9 Å². The number of pyridine rings is 1. The zero-order valence-corrected chi connectivity index (χ0v) is 17.2. The zero-order chi connectivity index (χ0) is 23.8. The Morgan fingerprint density at radius 2 is 1.70 bits per heavy atom. The lowest BCUT2D eigenvalue weighted by Gasteiger charge is -2.17. The third kappa shape index (κ3) is 4.68. The fraction of sp³-hybridized carbons (Fsp3) is 0.0435. The third-order valence-electron chi connectivity index (χ3n) is 4.70. The number of hydrogen-bond acceptors (Lipinski definition) is 3. The van der Waals surface area contributed by atoms with Crippen molar-refractivity contribution in [2.24, 2.45) is 0 Å². The van der Waals surface area contributed by atoms with Crippen molar-refractivity contribution in [2.75, 3.05) is 5.32 Å². The summed E-state index contributed by atoms with van der Waals surface area (Å²) in [5.41, 5.74) is -1.91. The molecule has 168 valence electrons. The lowest BCUT2D eigenvalue weighted by molar-refractivity contribution is -0.137. The van der Waals surface area contributed by atoms with Gasteiger partial charge in [-0.25, -0.2) is 4.39 Å². The van der Waals surface area contributed by atoms with Crippen molar-refractivity contribution in [1.29, 1.82) is 0 Å². The van der Waals surface area contributed by atoms with Crippen LogP contribution in [0.3, 0.4) is 0 Å². The molecule has 1 heterocycles. The van der Waals surface area contributed by atoms with E-state index in [0.29, 0.717) is 11.5 Å². The van der Waals surface area contributed by atoms with Gasteiger partial charge in [0.15, 0.2) is 0 Å². The second-order valence-electron chi connectivity index (χ2n) is 6.91. The van der Waals surface area contributed by atoms with Crippen LogP contribution in [0, 0.1) is 5.82 Å². The molecule has 4 aromatic rings. The van der Waals surface area contributed by atoms with Gasteiger partial charge in [0.2, 0.25) is 5.56 Å². The van der Waals surface area contributed by atoms with E-state index in [1.165, 1.54) is 30.5 Å². The highest BCUT2D eigenvalue weighted by Crippen LogP contribution is 2.41. The number of rotatable bonds is 4. The van der Waals surface area contributed by atoms with E-state index in [4.69, 9.17) is 16.3 Å². The van der Waals surface area contributed by atoms with Crippen LogP contribution in [0.4, 0.5) is 23.2 Å². The van der Waals surface area contributed by atoms with Crippen molar-refractivity contribution in [3.8, 4) is 11.5 Å². The zero-order valence-electron chi connectivity index (χ0n) is 16.5. The third-order valence-corrected chi connectivity index (χ3v) is 5.02. The first-order chi connectivity index (χ1) is 15.6. The molecule has 0 spiro atoms. The fourth-order valence-corrected chi connectivity index (χ4v) is 3.47. The molecule has 1 aromatic heterocycles. The minimum Gasteiger partial charge on any atom is -0.456 e. The van der Waals surface area contributed by atoms with Gasteiger partial charge >= 0.3 is 6.18 Å². The lowest BCUT2D eigenvalue weighted by atomic mass is 10.1. The maximum Gasteiger partial charge on any atom is 0.417 e. The van der Waals surface area contributed by atoms with Gasteiger partial charge in [-0.3, -0.25) is 9.59 Å². The van der Waals surface area contributed by atoms with Crippen LogP contribution in [0.1, 0.15) is 15.9 Å². The summed E-state index contributed by atoms with van der Waals surface area (Å²) in [6, 6.07) is 12.5. The van der Waals surface area contributed by atoms with E-state index in [-0.39, 0.29) is 22.4 Å². The Kier molecular flexibility index (Phi) is 5.82. The van der Waals surface area contributed by atoms with Crippen molar-refractivity contribution in [3.05, 3.63) is 99.2 Å². The van der Waals surface area contributed by atoms with Gasteiger partial charge in [0.25, 0.3) is 5.91 Å². The molecule has 5 nitrogen and oxygen atoms in total. The van der Waals surface area contributed by atoms with Crippen molar-refractivity contribution in [1.82, 2.24) is 4.98 Å². The summed E-state index contributed by atoms with van der Waals surface area (Å²) < 4.78 is 60.3. The predicted molar refractivity (Wildman–Crippen MR) is 115 cm³/mol. The topological polar surface area (TPSA) is 71.2 Å². The van der Waals surface area contributed by atoms with E-state index < -0.39 is 39.8 Å².